The molecule has 4 nitrogen and oxygen atoms in total. The van der Waals surface area contributed by atoms with Gasteiger partial charge in [-0.2, -0.15) is 0 Å². The molecule has 0 bridgehead atoms. The average Bonchev–Trinajstić information content (AvgIpc) is 3.81. The number of para-hydroxylation sites is 3. The zero-order valence-corrected chi connectivity index (χ0v) is 28.1. The van der Waals surface area contributed by atoms with Gasteiger partial charge in [0.05, 0.1) is 22.4 Å². The highest BCUT2D eigenvalue weighted by atomic mass is 16.3. The molecule has 0 radical (unpaired) electrons. The Hall–Kier alpha value is -7.04. The van der Waals surface area contributed by atoms with E-state index in [0.717, 1.165) is 67.0 Å². The smallest absolute Gasteiger partial charge is 0.160 e. The second-order valence-electron chi connectivity index (χ2n) is 13.1. The Morgan fingerprint density at radius 2 is 0.942 bits per heavy atom. The summed E-state index contributed by atoms with van der Waals surface area (Å²) in [5, 5.41) is 3.45. The van der Waals surface area contributed by atoms with Crippen LogP contribution in [0.15, 0.2) is 192 Å². The number of fused-ring (bicyclic) bond motifs is 4. The van der Waals surface area contributed by atoms with Gasteiger partial charge in [0.1, 0.15) is 11.3 Å². The molecule has 3 aromatic heterocycles. The number of aromatic nitrogens is 3. The van der Waals surface area contributed by atoms with E-state index >= 15 is 0 Å². The van der Waals surface area contributed by atoms with Gasteiger partial charge in [-0.1, -0.05) is 133 Å². The Labute approximate surface area is 300 Å². The second-order valence-corrected chi connectivity index (χ2v) is 13.1. The van der Waals surface area contributed by atoms with E-state index in [2.05, 4.69) is 168 Å². The molecule has 0 atom stereocenters. The lowest BCUT2D eigenvalue weighted by Crippen LogP contribution is -1.96. The van der Waals surface area contributed by atoms with Crippen molar-refractivity contribution in [3.8, 4) is 62.0 Å². The van der Waals surface area contributed by atoms with Gasteiger partial charge in [-0.25, -0.2) is 9.97 Å². The maximum absolute atomic E-state index is 6.16. The van der Waals surface area contributed by atoms with Gasteiger partial charge in [-0.15, -0.1) is 0 Å². The lowest BCUT2D eigenvalue weighted by atomic mass is 10.0. The van der Waals surface area contributed by atoms with E-state index in [1.807, 2.05) is 24.3 Å². The largest absolute Gasteiger partial charge is 0.456 e. The quantitative estimate of drug-likeness (QED) is 0.178. The minimum absolute atomic E-state index is 0.680. The van der Waals surface area contributed by atoms with Crippen LogP contribution in [-0.2, 0) is 0 Å². The third-order valence-electron chi connectivity index (χ3n) is 9.85. The van der Waals surface area contributed by atoms with Gasteiger partial charge in [0.25, 0.3) is 0 Å². The zero-order chi connectivity index (χ0) is 34.4. The summed E-state index contributed by atoms with van der Waals surface area (Å²) in [5.74, 6) is 1.53. The Balaban J connectivity index is 1.11. The zero-order valence-electron chi connectivity index (χ0n) is 28.1. The lowest BCUT2D eigenvalue weighted by Gasteiger charge is -2.11. The first-order valence-electron chi connectivity index (χ1n) is 17.5. The normalized spacial score (nSPS) is 11.5. The van der Waals surface area contributed by atoms with Crippen LogP contribution in [-0.4, -0.2) is 14.5 Å². The lowest BCUT2D eigenvalue weighted by molar-refractivity contribution is 0.631. The van der Waals surface area contributed by atoms with Crippen LogP contribution in [0.1, 0.15) is 0 Å². The van der Waals surface area contributed by atoms with Gasteiger partial charge in [-0.3, -0.25) is 0 Å². The minimum Gasteiger partial charge on any atom is -0.456 e. The van der Waals surface area contributed by atoms with Crippen molar-refractivity contribution in [3.05, 3.63) is 188 Å². The average molecular weight is 666 g/mol. The van der Waals surface area contributed by atoms with Crippen LogP contribution in [0.25, 0.3) is 94.8 Å². The summed E-state index contributed by atoms with van der Waals surface area (Å²) >= 11 is 0. The molecule has 0 saturated heterocycles. The molecule has 10 aromatic rings. The maximum atomic E-state index is 6.16. The third-order valence-corrected chi connectivity index (χ3v) is 9.85. The van der Waals surface area contributed by atoms with Crippen molar-refractivity contribution in [2.24, 2.45) is 0 Å². The Kier molecular flexibility index (Phi) is 7.10. The summed E-state index contributed by atoms with van der Waals surface area (Å²) < 4.78 is 8.49. The minimum atomic E-state index is 0.680. The van der Waals surface area contributed by atoms with Crippen molar-refractivity contribution >= 4 is 32.8 Å². The molecule has 52 heavy (non-hydrogen) atoms. The molecule has 3 heterocycles. The van der Waals surface area contributed by atoms with Gasteiger partial charge in [-0.05, 0) is 65.7 Å². The Bertz CT molecular complexity index is 2840. The summed E-state index contributed by atoms with van der Waals surface area (Å²) in [6, 6.07) is 65.5. The van der Waals surface area contributed by atoms with Crippen LogP contribution >= 0.6 is 0 Å². The van der Waals surface area contributed by atoms with Crippen molar-refractivity contribution in [3.63, 3.8) is 0 Å². The number of hydrogen-bond donors (Lipinski definition) is 0. The predicted octanol–water partition coefficient (Wildman–Crippen LogP) is 12.7. The fourth-order valence-electron chi connectivity index (χ4n) is 7.23. The van der Waals surface area contributed by atoms with Gasteiger partial charge in [0.2, 0.25) is 0 Å². The van der Waals surface area contributed by atoms with Crippen LogP contribution in [0.4, 0.5) is 0 Å². The molecular weight excluding hydrogens is 635 g/mol. The molecule has 0 aliphatic rings. The molecule has 0 amide bonds. The van der Waals surface area contributed by atoms with E-state index in [1.165, 1.54) is 22.0 Å². The molecule has 244 valence electrons. The van der Waals surface area contributed by atoms with E-state index in [4.69, 9.17) is 14.4 Å². The van der Waals surface area contributed by atoms with Crippen molar-refractivity contribution in [1.82, 2.24) is 14.5 Å². The maximum Gasteiger partial charge on any atom is 0.160 e. The van der Waals surface area contributed by atoms with Crippen molar-refractivity contribution < 1.29 is 4.42 Å². The van der Waals surface area contributed by atoms with E-state index < -0.39 is 0 Å². The monoisotopic (exact) mass is 665 g/mol. The summed E-state index contributed by atoms with van der Waals surface area (Å²) in [6.45, 7) is 0. The summed E-state index contributed by atoms with van der Waals surface area (Å²) in [5.41, 5.74) is 12.4. The van der Waals surface area contributed by atoms with Gasteiger partial charge in [0, 0.05) is 44.1 Å². The standard InChI is InChI=1S/C48H31N3O/c1-3-11-32(12-4-1)33-19-21-34(22-20-33)42-31-43(35-23-25-36(26-24-35)47-30-37-13-7-10-18-46(37)52-47)50-48(49-42)38-27-28-45-41(29-38)40-16-8-9-17-44(40)51(45)39-14-5-2-6-15-39/h1-31H. The molecule has 0 unspecified atom stereocenters. The topological polar surface area (TPSA) is 43.9 Å². The number of rotatable bonds is 6. The molecular formula is C48H31N3O. The fraction of sp³-hybridized carbons (Fsp3) is 0. The Morgan fingerprint density at radius 3 is 1.67 bits per heavy atom. The first-order chi connectivity index (χ1) is 25.7. The summed E-state index contributed by atoms with van der Waals surface area (Å²) in [6.07, 6.45) is 0. The molecule has 4 heteroatoms. The molecule has 0 spiro atoms. The van der Waals surface area contributed by atoms with Crippen LogP contribution in [0, 0.1) is 0 Å². The summed E-state index contributed by atoms with van der Waals surface area (Å²) in [4.78, 5) is 10.4. The second kappa shape index (κ2) is 12.4. The van der Waals surface area contributed by atoms with Crippen molar-refractivity contribution in [2.75, 3.05) is 0 Å². The highest BCUT2D eigenvalue weighted by Crippen LogP contribution is 2.36. The van der Waals surface area contributed by atoms with Gasteiger partial charge >= 0.3 is 0 Å². The number of benzene rings is 7. The third kappa shape index (κ3) is 5.26. The van der Waals surface area contributed by atoms with Crippen LogP contribution < -0.4 is 0 Å². The van der Waals surface area contributed by atoms with Gasteiger partial charge < -0.3 is 8.98 Å². The number of furan rings is 1. The van der Waals surface area contributed by atoms with Gasteiger partial charge in [0.15, 0.2) is 5.82 Å². The van der Waals surface area contributed by atoms with E-state index in [9.17, 15) is 0 Å². The molecule has 0 aliphatic carbocycles. The van der Waals surface area contributed by atoms with E-state index in [0.29, 0.717) is 5.82 Å². The molecule has 0 saturated carbocycles. The van der Waals surface area contributed by atoms with Crippen molar-refractivity contribution in [1.29, 1.82) is 0 Å². The number of hydrogen-bond acceptors (Lipinski definition) is 3. The fourth-order valence-corrected chi connectivity index (χ4v) is 7.23. The predicted molar refractivity (Wildman–Crippen MR) is 213 cm³/mol. The van der Waals surface area contributed by atoms with Crippen LogP contribution in [0.5, 0.6) is 0 Å². The van der Waals surface area contributed by atoms with Crippen LogP contribution in [0.3, 0.4) is 0 Å². The van der Waals surface area contributed by atoms with E-state index in [1.54, 1.807) is 0 Å². The highest BCUT2D eigenvalue weighted by Gasteiger charge is 2.16. The SMILES string of the molecule is c1ccc(-c2ccc(-c3cc(-c4ccc(-c5cc6ccccc6o5)cc4)nc(-c4ccc5c(c4)c4ccccc4n5-c4ccccc4)n3)cc2)cc1. The molecule has 0 aliphatic heterocycles. The van der Waals surface area contributed by atoms with Crippen LogP contribution in [0.2, 0.25) is 0 Å². The molecule has 7 aromatic carbocycles. The number of nitrogens with zero attached hydrogens (tertiary/aromatic N) is 3. The molecule has 10 rings (SSSR count). The highest BCUT2D eigenvalue weighted by molar-refractivity contribution is 6.10. The first kappa shape index (κ1) is 29.8. The summed E-state index contributed by atoms with van der Waals surface area (Å²) in [7, 11) is 0. The van der Waals surface area contributed by atoms with E-state index in [-0.39, 0.29) is 0 Å². The molecule has 0 N–H and O–H groups in total. The first-order valence-corrected chi connectivity index (χ1v) is 17.5. The molecule has 0 fully saturated rings. The van der Waals surface area contributed by atoms with Crippen molar-refractivity contribution in [2.45, 2.75) is 0 Å². The Morgan fingerprint density at radius 1 is 0.385 bits per heavy atom.